The fourth-order valence-electron chi connectivity index (χ4n) is 3.54. The van der Waals surface area contributed by atoms with Crippen LogP contribution in [0.15, 0.2) is 44.8 Å². The van der Waals surface area contributed by atoms with E-state index in [9.17, 15) is 18.0 Å². The second-order valence-corrected chi connectivity index (χ2v) is 10.5. The van der Waals surface area contributed by atoms with Crippen LogP contribution in [0, 0.1) is 17.6 Å². The van der Waals surface area contributed by atoms with Crippen LogP contribution in [0.1, 0.15) is 18.9 Å². The maximum Gasteiger partial charge on any atom is 0.241 e. The molecule has 2 N–H and O–H groups in total. The van der Waals surface area contributed by atoms with Gasteiger partial charge in [-0.1, -0.05) is 11.8 Å². The molecule has 0 radical (unpaired) electrons. The number of hydrogen-bond donors (Lipinski definition) is 1. The van der Waals surface area contributed by atoms with Crippen molar-refractivity contribution in [1.29, 1.82) is 0 Å². The summed E-state index contributed by atoms with van der Waals surface area (Å²) in [5.41, 5.74) is 5.90. The van der Waals surface area contributed by atoms with Gasteiger partial charge in [-0.3, -0.25) is 4.79 Å². The van der Waals surface area contributed by atoms with Crippen molar-refractivity contribution in [2.24, 2.45) is 16.8 Å². The van der Waals surface area contributed by atoms with E-state index in [-0.39, 0.29) is 32.8 Å². The van der Waals surface area contributed by atoms with Gasteiger partial charge in [0.05, 0.1) is 10.2 Å². The van der Waals surface area contributed by atoms with E-state index in [1.807, 2.05) is 0 Å². The standard InChI is InChI=1S/C19H17F3IN3O2S/c1-10(27)26-19(29-18(25-26)13-3-2-12(20)8-14(13)21)11(6-7-24)9-28-15-4-5-16(22)23-17(15)19/h2-5,8,11H,6-7,9,24H2,1H3/t11-,19+/m0/s1. The summed E-state index contributed by atoms with van der Waals surface area (Å²) in [5, 5.41) is 5.95. The van der Waals surface area contributed by atoms with Gasteiger partial charge in [-0.05, 0) is 58.0 Å². The van der Waals surface area contributed by atoms with Crippen LogP contribution in [0.5, 0.6) is 0 Å². The van der Waals surface area contributed by atoms with Crippen molar-refractivity contribution >= 4 is 47.2 Å². The van der Waals surface area contributed by atoms with Gasteiger partial charge in [0, 0.05) is 24.5 Å². The van der Waals surface area contributed by atoms with Crippen LogP contribution in [0.4, 0.5) is 13.2 Å². The molecule has 2 atom stereocenters. The molecule has 0 saturated heterocycles. The molecule has 0 saturated carbocycles. The Bertz CT molecular complexity index is 1010. The first-order valence-electron chi connectivity index (χ1n) is 8.83. The van der Waals surface area contributed by atoms with Crippen LogP contribution in [0.3, 0.4) is 0 Å². The number of halogens is 4. The van der Waals surface area contributed by atoms with Gasteiger partial charge >= 0.3 is 0 Å². The van der Waals surface area contributed by atoms with Crippen molar-refractivity contribution in [2.75, 3.05) is 13.2 Å². The second kappa shape index (κ2) is 7.88. The SMILES string of the molecule is CC(=O)N1N=C(c2ccc(F)cc2F)S[C@]12C1=C(C=CC(F)=I1)OC[C@@H]2CCN. The number of nitrogens with zero attached hydrogens (tertiary/aromatic N) is 2. The monoisotopic (exact) mass is 535 g/mol. The zero-order valence-electron chi connectivity index (χ0n) is 15.3. The normalized spacial score (nSPS) is 26.0. The highest BCUT2D eigenvalue weighted by molar-refractivity contribution is 14.2. The molecule has 3 heterocycles. The zero-order chi connectivity index (χ0) is 20.8. The van der Waals surface area contributed by atoms with Crippen molar-refractivity contribution in [3.05, 3.63) is 56.9 Å². The molecule has 4 rings (SSSR count). The number of ether oxygens (including phenoxy) is 1. The molecule has 0 fully saturated rings. The minimum absolute atomic E-state index is 0.0914. The Labute approximate surface area is 179 Å². The van der Waals surface area contributed by atoms with Gasteiger partial charge in [0.2, 0.25) is 5.91 Å². The third kappa shape index (κ3) is 3.44. The average molecular weight is 535 g/mol. The molecule has 10 heteroatoms. The van der Waals surface area contributed by atoms with E-state index in [1.54, 1.807) is 6.08 Å². The van der Waals surface area contributed by atoms with E-state index >= 15 is 0 Å². The highest BCUT2D eigenvalue weighted by Gasteiger charge is 2.57. The molecule has 1 spiro atoms. The van der Waals surface area contributed by atoms with Crippen molar-refractivity contribution in [3.8, 4) is 0 Å². The summed E-state index contributed by atoms with van der Waals surface area (Å²) in [6.45, 7) is 1.98. The highest BCUT2D eigenvalue weighted by Crippen LogP contribution is 2.57. The number of benzene rings is 1. The smallest absolute Gasteiger partial charge is 0.241 e. The summed E-state index contributed by atoms with van der Waals surface area (Å²) in [6, 6.07) is 3.21. The Kier molecular flexibility index (Phi) is 5.60. The summed E-state index contributed by atoms with van der Waals surface area (Å²) >= 11 is -0.0385. The number of carbonyl (C=O) groups excluding carboxylic acids is 1. The van der Waals surface area contributed by atoms with Gasteiger partial charge in [0.1, 0.15) is 22.4 Å². The Morgan fingerprint density at radius 2 is 2.21 bits per heavy atom. The molecule has 0 aliphatic carbocycles. The molecule has 3 aliphatic heterocycles. The first-order valence-corrected chi connectivity index (χ1v) is 11.8. The maximum absolute atomic E-state index is 14.5. The van der Waals surface area contributed by atoms with Gasteiger partial charge < -0.3 is 10.5 Å². The molecule has 1 aromatic carbocycles. The number of hydrazone groups is 1. The van der Waals surface area contributed by atoms with E-state index in [0.717, 1.165) is 12.1 Å². The minimum atomic E-state index is -1.23. The number of thioether (sulfide) groups is 1. The lowest BCUT2D eigenvalue weighted by Gasteiger charge is -2.45. The molecule has 1 amide bonds. The molecule has 29 heavy (non-hydrogen) atoms. The van der Waals surface area contributed by atoms with Crippen molar-refractivity contribution in [2.45, 2.75) is 18.2 Å². The van der Waals surface area contributed by atoms with E-state index in [4.69, 9.17) is 10.5 Å². The first-order chi connectivity index (χ1) is 13.9. The van der Waals surface area contributed by atoms with Crippen LogP contribution in [-0.2, 0) is 9.53 Å². The fraction of sp³-hybridized carbons (Fsp3) is 0.316. The van der Waals surface area contributed by atoms with Crippen molar-refractivity contribution < 1.29 is 22.7 Å². The lowest BCUT2D eigenvalue weighted by molar-refractivity contribution is -0.133. The Morgan fingerprint density at radius 3 is 2.90 bits per heavy atom. The van der Waals surface area contributed by atoms with Crippen LogP contribution in [0.2, 0.25) is 0 Å². The number of nitrogens with two attached hydrogens (primary N) is 1. The number of fused-ring (bicyclic) bond motifs is 1. The molecule has 3 aliphatic rings. The average Bonchev–Trinajstić information content (AvgIpc) is 3.06. The lowest BCUT2D eigenvalue weighted by atomic mass is 9.92. The van der Waals surface area contributed by atoms with Gasteiger partial charge in [-0.15, -0.1) is 0 Å². The summed E-state index contributed by atoms with van der Waals surface area (Å²) in [5.74, 6) is -1.56. The zero-order valence-corrected chi connectivity index (χ0v) is 18.3. The molecule has 1 aromatic rings. The summed E-state index contributed by atoms with van der Waals surface area (Å²) in [6.07, 6.45) is 3.45. The quantitative estimate of drug-likeness (QED) is 0.599. The van der Waals surface area contributed by atoms with Crippen molar-refractivity contribution in [1.82, 2.24) is 5.01 Å². The Morgan fingerprint density at radius 1 is 1.41 bits per heavy atom. The molecule has 0 bridgehead atoms. The fourth-order valence-corrected chi connectivity index (χ4v) is 8.16. The molecule has 0 aromatic heterocycles. The minimum Gasteiger partial charge on any atom is -0.492 e. The van der Waals surface area contributed by atoms with Crippen LogP contribution >= 0.6 is 32.5 Å². The summed E-state index contributed by atoms with van der Waals surface area (Å²) in [7, 11) is 0. The number of amides is 1. The first kappa shape index (κ1) is 20.6. The summed E-state index contributed by atoms with van der Waals surface area (Å²) < 4.78 is 48.4. The number of carbonyl (C=O) groups is 1. The predicted molar refractivity (Wildman–Crippen MR) is 115 cm³/mol. The lowest BCUT2D eigenvalue weighted by Crippen LogP contribution is -2.53. The van der Waals surface area contributed by atoms with Gasteiger partial charge in [-0.25, -0.2) is 18.2 Å². The number of allylic oxidation sites excluding steroid dienone is 2. The van der Waals surface area contributed by atoms with Gasteiger partial charge in [0.15, 0.2) is 8.63 Å². The maximum atomic E-state index is 14.5. The molecule has 0 unspecified atom stereocenters. The third-order valence-electron chi connectivity index (χ3n) is 4.80. The topological polar surface area (TPSA) is 67.9 Å². The predicted octanol–water partition coefficient (Wildman–Crippen LogP) is 3.76. The van der Waals surface area contributed by atoms with Crippen LogP contribution < -0.4 is 5.73 Å². The van der Waals surface area contributed by atoms with E-state index in [1.165, 1.54) is 35.8 Å². The van der Waals surface area contributed by atoms with Gasteiger partial charge in [-0.2, -0.15) is 5.10 Å². The summed E-state index contributed by atoms with van der Waals surface area (Å²) in [4.78, 5) is 11.6. The van der Waals surface area contributed by atoms with Gasteiger partial charge in [0.25, 0.3) is 0 Å². The molecule has 5 nitrogen and oxygen atoms in total. The Balaban J connectivity index is 1.89. The number of hydrogen-bond acceptors (Lipinski definition) is 5. The van der Waals surface area contributed by atoms with Crippen LogP contribution in [0.25, 0.3) is 0 Å². The molecule has 154 valence electrons. The second-order valence-electron chi connectivity index (χ2n) is 6.64. The highest BCUT2D eigenvalue weighted by atomic mass is 127. The van der Waals surface area contributed by atoms with E-state index in [2.05, 4.69) is 5.10 Å². The molecular weight excluding hydrogens is 518 g/mol. The van der Waals surface area contributed by atoms with Crippen LogP contribution in [-0.4, -0.2) is 37.7 Å². The largest absolute Gasteiger partial charge is 0.492 e. The van der Waals surface area contributed by atoms with E-state index < -0.39 is 37.2 Å². The Hall–Kier alpha value is -1.66. The van der Waals surface area contributed by atoms with E-state index in [0.29, 0.717) is 22.3 Å². The van der Waals surface area contributed by atoms with Crippen molar-refractivity contribution in [3.63, 3.8) is 0 Å². The molecular formula is C19H17F3IN3O2S. The number of rotatable bonds is 3. The third-order valence-corrected chi connectivity index (χ3v) is 9.45.